The van der Waals surface area contributed by atoms with E-state index < -0.39 is 5.41 Å². The minimum absolute atomic E-state index is 0.0978. The van der Waals surface area contributed by atoms with Crippen LogP contribution in [-0.4, -0.2) is 0 Å². The second-order valence-corrected chi connectivity index (χ2v) is 16.5. The van der Waals surface area contributed by atoms with E-state index in [-0.39, 0.29) is 5.41 Å². The van der Waals surface area contributed by atoms with Crippen LogP contribution in [0.15, 0.2) is 224 Å². The molecule has 2 aliphatic rings. The number of hydrogen-bond acceptors (Lipinski definition) is 1. The zero-order valence-electron chi connectivity index (χ0n) is 33.3. The van der Waals surface area contributed by atoms with Gasteiger partial charge in [0, 0.05) is 22.5 Å². The predicted molar refractivity (Wildman–Crippen MR) is 247 cm³/mol. The lowest BCUT2D eigenvalue weighted by molar-refractivity contribution is 0.660. The van der Waals surface area contributed by atoms with Gasteiger partial charge in [0.1, 0.15) is 0 Å². The third-order valence-electron chi connectivity index (χ3n) is 13.0. The average Bonchev–Trinajstić information content (AvgIpc) is 3.73. The fourth-order valence-electron chi connectivity index (χ4n) is 10.1. The van der Waals surface area contributed by atoms with E-state index in [1.165, 1.54) is 77.9 Å². The van der Waals surface area contributed by atoms with Crippen molar-refractivity contribution in [3.05, 3.63) is 258 Å². The van der Waals surface area contributed by atoms with Crippen LogP contribution >= 0.6 is 0 Å². The van der Waals surface area contributed by atoms with Crippen molar-refractivity contribution < 1.29 is 0 Å². The Bertz CT molecular complexity index is 2940. The van der Waals surface area contributed by atoms with Crippen molar-refractivity contribution in [3.8, 4) is 44.5 Å². The molecule has 9 aromatic carbocycles. The molecule has 2 aliphatic carbocycles. The topological polar surface area (TPSA) is 3.24 Å². The molecule has 0 aliphatic heterocycles. The highest BCUT2D eigenvalue weighted by Gasteiger charge is 2.46. The quantitative estimate of drug-likeness (QED) is 0.157. The summed E-state index contributed by atoms with van der Waals surface area (Å²) in [6.07, 6.45) is 0. The van der Waals surface area contributed by atoms with Gasteiger partial charge in [-0.1, -0.05) is 196 Å². The summed E-state index contributed by atoms with van der Waals surface area (Å²) in [5.74, 6) is 0. The van der Waals surface area contributed by atoms with Crippen molar-refractivity contribution in [1.29, 1.82) is 0 Å². The summed E-state index contributed by atoms with van der Waals surface area (Å²) in [4.78, 5) is 2.41. The van der Waals surface area contributed by atoms with Crippen molar-refractivity contribution in [3.63, 3.8) is 0 Å². The molecular formula is C58H43N. The maximum Gasteiger partial charge on any atom is 0.0713 e. The van der Waals surface area contributed by atoms with Gasteiger partial charge < -0.3 is 4.90 Å². The first-order valence-corrected chi connectivity index (χ1v) is 20.7. The number of benzene rings is 9. The van der Waals surface area contributed by atoms with Crippen LogP contribution in [0.1, 0.15) is 47.2 Å². The van der Waals surface area contributed by atoms with Gasteiger partial charge >= 0.3 is 0 Å². The van der Waals surface area contributed by atoms with Crippen molar-refractivity contribution in [2.24, 2.45) is 0 Å². The van der Waals surface area contributed by atoms with Gasteiger partial charge in [-0.05, 0) is 120 Å². The average molecular weight is 754 g/mol. The molecule has 11 rings (SSSR count). The monoisotopic (exact) mass is 753 g/mol. The Morgan fingerprint density at radius 3 is 1.32 bits per heavy atom. The third-order valence-corrected chi connectivity index (χ3v) is 13.0. The van der Waals surface area contributed by atoms with E-state index in [1.54, 1.807) is 0 Å². The normalized spacial score (nSPS) is 13.9. The van der Waals surface area contributed by atoms with Crippen LogP contribution in [0.4, 0.5) is 17.1 Å². The largest absolute Gasteiger partial charge is 0.310 e. The molecule has 0 radical (unpaired) electrons. The minimum Gasteiger partial charge on any atom is -0.310 e. The van der Waals surface area contributed by atoms with Gasteiger partial charge in [-0.15, -0.1) is 0 Å². The lowest BCUT2D eigenvalue weighted by Crippen LogP contribution is -2.28. The number of hydrogen-bond donors (Lipinski definition) is 0. The second-order valence-electron chi connectivity index (χ2n) is 16.5. The second kappa shape index (κ2) is 13.7. The molecule has 0 atom stereocenters. The first-order valence-electron chi connectivity index (χ1n) is 20.7. The molecule has 1 nitrogen and oxygen atoms in total. The first-order chi connectivity index (χ1) is 29.0. The fraction of sp³-hybridized carbons (Fsp3) is 0.0690. The number of fused-ring (bicyclic) bond motifs is 6. The molecular weight excluding hydrogens is 711 g/mol. The molecule has 0 unspecified atom stereocenters. The molecule has 280 valence electrons. The summed E-state index contributed by atoms with van der Waals surface area (Å²) in [5.41, 5.74) is 20.9. The summed E-state index contributed by atoms with van der Waals surface area (Å²) in [6.45, 7) is 4.71. The Morgan fingerprint density at radius 2 is 0.712 bits per heavy atom. The zero-order valence-corrected chi connectivity index (χ0v) is 33.3. The summed E-state index contributed by atoms with van der Waals surface area (Å²) in [6, 6.07) is 82.8. The van der Waals surface area contributed by atoms with Crippen molar-refractivity contribution in [1.82, 2.24) is 0 Å². The smallest absolute Gasteiger partial charge is 0.0713 e. The van der Waals surface area contributed by atoms with Gasteiger partial charge in [-0.2, -0.15) is 0 Å². The Balaban J connectivity index is 1.02. The van der Waals surface area contributed by atoms with Crippen LogP contribution in [-0.2, 0) is 10.8 Å². The van der Waals surface area contributed by atoms with Crippen LogP contribution in [0, 0.1) is 0 Å². The van der Waals surface area contributed by atoms with Crippen LogP contribution in [0.3, 0.4) is 0 Å². The molecule has 0 heterocycles. The van der Waals surface area contributed by atoms with Gasteiger partial charge in [0.15, 0.2) is 0 Å². The van der Waals surface area contributed by atoms with Crippen molar-refractivity contribution in [2.75, 3.05) is 4.90 Å². The van der Waals surface area contributed by atoms with Gasteiger partial charge in [0.2, 0.25) is 0 Å². The summed E-state index contributed by atoms with van der Waals surface area (Å²) in [5, 5.41) is 0. The lowest BCUT2D eigenvalue weighted by Gasteiger charge is -2.33. The molecule has 9 aromatic rings. The maximum atomic E-state index is 2.41. The lowest BCUT2D eigenvalue weighted by atomic mass is 9.67. The highest BCUT2D eigenvalue weighted by molar-refractivity contribution is 5.90. The van der Waals surface area contributed by atoms with E-state index in [4.69, 9.17) is 0 Å². The number of nitrogens with zero attached hydrogens (tertiary/aromatic N) is 1. The standard InChI is InChI=1S/C58H43N/c1-57(2)53-24-14-12-22-49(53)51-36-35-48(39-56(51)57)59(46-31-26-41(27-32-46)40-16-6-3-7-17-40)47-33-28-42(29-34-47)43-30-37-55-52(38-43)50-23-13-15-25-54(50)58(55,44-18-8-4-9-19-44)45-20-10-5-11-21-45/h3-39H,1-2H3. The summed E-state index contributed by atoms with van der Waals surface area (Å²) >= 11 is 0. The molecule has 0 saturated heterocycles. The maximum absolute atomic E-state index is 2.41. The SMILES string of the molecule is CC1(C)c2ccccc2-c2ccc(N(c3ccc(-c4ccccc4)cc3)c3ccc(-c4ccc5c(c4)-c4ccccc4C5(c4ccccc4)c4ccccc4)cc3)cc21. The van der Waals surface area contributed by atoms with E-state index >= 15 is 0 Å². The minimum atomic E-state index is -0.404. The summed E-state index contributed by atoms with van der Waals surface area (Å²) < 4.78 is 0. The third kappa shape index (κ3) is 5.46. The molecule has 0 bridgehead atoms. The first kappa shape index (κ1) is 35.0. The molecule has 1 heteroatoms. The van der Waals surface area contributed by atoms with Gasteiger partial charge in [0.05, 0.1) is 5.41 Å². The number of anilines is 3. The Morgan fingerprint density at radius 1 is 0.288 bits per heavy atom. The van der Waals surface area contributed by atoms with E-state index in [9.17, 15) is 0 Å². The van der Waals surface area contributed by atoms with Crippen molar-refractivity contribution >= 4 is 17.1 Å². The van der Waals surface area contributed by atoms with Crippen molar-refractivity contribution in [2.45, 2.75) is 24.7 Å². The van der Waals surface area contributed by atoms with Crippen LogP contribution < -0.4 is 4.90 Å². The Hall–Kier alpha value is -7.22. The molecule has 59 heavy (non-hydrogen) atoms. The molecule has 0 saturated carbocycles. The van der Waals surface area contributed by atoms with E-state index in [0.29, 0.717) is 0 Å². The molecule has 0 fully saturated rings. The molecule has 0 spiro atoms. The predicted octanol–water partition coefficient (Wildman–Crippen LogP) is 15.2. The molecule has 0 aromatic heterocycles. The van der Waals surface area contributed by atoms with Crippen LogP contribution in [0.25, 0.3) is 44.5 Å². The fourth-order valence-corrected chi connectivity index (χ4v) is 10.1. The Kier molecular flexibility index (Phi) is 8.13. The Labute approximate surface area is 347 Å². The van der Waals surface area contributed by atoms with Crippen LogP contribution in [0.2, 0.25) is 0 Å². The zero-order chi connectivity index (χ0) is 39.6. The van der Waals surface area contributed by atoms with Gasteiger partial charge in [-0.25, -0.2) is 0 Å². The van der Waals surface area contributed by atoms with E-state index in [1.807, 2.05) is 0 Å². The summed E-state index contributed by atoms with van der Waals surface area (Å²) in [7, 11) is 0. The molecule has 0 N–H and O–H groups in total. The van der Waals surface area contributed by atoms with Gasteiger partial charge in [-0.3, -0.25) is 0 Å². The number of rotatable bonds is 7. The highest BCUT2D eigenvalue weighted by Crippen LogP contribution is 2.57. The highest BCUT2D eigenvalue weighted by atomic mass is 15.1. The van der Waals surface area contributed by atoms with E-state index in [2.05, 4.69) is 243 Å². The van der Waals surface area contributed by atoms with E-state index in [0.717, 1.165) is 17.1 Å². The van der Waals surface area contributed by atoms with Crippen LogP contribution in [0.5, 0.6) is 0 Å². The molecule has 0 amide bonds. The van der Waals surface area contributed by atoms with Gasteiger partial charge in [0.25, 0.3) is 0 Å².